The Morgan fingerprint density at radius 3 is 2.88 bits per heavy atom. The highest BCUT2D eigenvalue weighted by molar-refractivity contribution is 5.87. The number of carbonyl (C=O) groups is 1. The molecule has 0 radical (unpaired) electrons. The van der Waals surface area contributed by atoms with Crippen LogP contribution in [0, 0.1) is 6.92 Å². The van der Waals surface area contributed by atoms with Crippen molar-refractivity contribution in [3.8, 4) is 0 Å². The Bertz CT molecular complexity index is 766. The first-order chi connectivity index (χ1) is 11.8. The number of morpholine rings is 1. The van der Waals surface area contributed by atoms with Crippen molar-refractivity contribution >= 4 is 5.97 Å². The smallest absolute Gasteiger partial charge is 0.374 e. The summed E-state index contributed by atoms with van der Waals surface area (Å²) in [5.41, 5.74) is 1.42. The number of furan rings is 1. The number of nitrogens with zero attached hydrogens (tertiary/aromatic N) is 3. The Morgan fingerprint density at radius 1 is 1.48 bits per heavy atom. The number of carbonyl (C=O) groups excluding carboxylic acids is 1. The van der Waals surface area contributed by atoms with E-state index < -0.39 is 11.6 Å². The summed E-state index contributed by atoms with van der Waals surface area (Å²) < 4.78 is 18.4. The maximum atomic E-state index is 11.8. The van der Waals surface area contributed by atoms with E-state index in [1.54, 1.807) is 4.68 Å². The zero-order valence-corrected chi connectivity index (χ0v) is 15.4. The molecule has 0 N–H and O–H groups in total. The molecule has 1 fully saturated rings. The Balaban J connectivity index is 1.80. The summed E-state index contributed by atoms with van der Waals surface area (Å²) >= 11 is 0. The molecule has 1 aliphatic rings. The van der Waals surface area contributed by atoms with Gasteiger partial charge in [0.2, 0.25) is 5.76 Å². The molecule has 0 spiro atoms. The highest BCUT2D eigenvalue weighted by Gasteiger charge is 2.37. The fraction of sp³-hybridized carbons (Fsp3) is 0.556. The third-order valence-corrected chi connectivity index (χ3v) is 4.89. The van der Waals surface area contributed by atoms with Crippen molar-refractivity contribution in [2.75, 3.05) is 26.8 Å². The number of ether oxygens (including phenoxy) is 2. The number of aryl methyl sites for hydroxylation is 2. The minimum absolute atomic E-state index is 0.0250. The summed E-state index contributed by atoms with van der Waals surface area (Å²) in [6.45, 7) is 8.15. The maximum absolute atomic E-state index is 11.8. The molecule has 3 heterocycles. The van der Waals surface area contributed by atoms with E-state index in [1.165, 1.54) is 7.11 Å². The molecule has 0 aromatic carbocycles. The van der Waals surface area contributed by atoms with Gasteiger partial charge in [0.15, 0.2) is 0 Å². The third kappa shape index (κ3) is 3.34. The quantitative estimate of drug-likeness (QED) is 0.791. The second-order valence-electron chi connectivity index (χ2n) is 6.78. The van der Waals surface area contributed by atoms with Crippen molar-refractivity contribution in [2.24, 2.45) is 7.05 Å². The van der Waals surface area contributed by atoms with Gasteiger partial charge in [0, 0.05) is 37.5 Å². The number of rotatable bonds is 4. The molecular weight excluding hydrogens is 322 g/mol. The van der Waals surface area contributed by atoms with Crippen LogP contribution in [0.3, 0.4) is 0 Å². The number of hydrogen-bond donors (Lipinski definition) is 0. The number of methoxy groups -OCH3 is 1. The van der Waals surface area contributed by atoms with Crippen molar-refractivity contribution < 1.29 is 18.7 Å². The van der Waals surface area contributed by atoms with Crippen LogP contribution in [-0.4, -0.2) is 47.5 Å². The van der Waals surface area contributed by atoms with Crippen LogP contribution in [0.15, 0.2) is 22.9 Å². The zero-order valence-electron chi connectivity index (χ0n) is 15.4. The molecule has 3 rings (SSSR count). The Hall–Kier alpha value is -2.12. The molecule has 1 aliphatic heterocycles. The number of aromatic nitrogens is 2. The van der Waals surface area contributed by atoms with Crippen LogP contribution >= 0.6 is 0 Å². The molecule has 0 unspecified atom stereocenters. The lowest BCUT2D eigenvalue weighted by molar-refractivity contribution is -0.114. The predicted molar refractivity (Wildman–Crippen MR) is 91.3 cm³/mol. The van der Waals surface area contributed by atoms with Gasteiger partial charge in [-0.3, -0.25) is 9.58 Å². The molecule has 2 aromatic rings. The van der Waals surface area contributed by atoms with Gasteiger partial charge in [0.25, 0.3) is 0 Å². The fourth-order valence-corrected chi connectivity index (χ4v) is 3.29. The van der Waals surface area contributed by atoms with E-state index in [-0.39, 0.29) is 11.8 Å². The van der Waals surface area contributed by atoms with Gasteiger partial charge >= 0.3 is 5.97 Å². The van der Waals surface area contributed by atoms with E-state index in [0.717, 1.165) is 23.4 Å². The van der Waals surface area contributed by atoms with Crippen molar-refractivity contribution in [1.82, 2.24) is 14.7 Å². The second-order valence-corrected chi connectivity index (χ2v) is 6.78. The van der Waals surface area contributed by atoms with Crippen molar-refractivity contribution in [3.63, 3.8) is 0 Å². The Labute approximate surface area is 147 Å². The fourth-order valence-electron chi connectivity index (χ4n) is 3.29. The van der Waals surface area contributed by atoms with Gasteiger partial charge in [0.1, 0.15) is 11.4 Å². The number of hydrogen-bond acceptors (Lipinski definition) is 6. The molecule has 136 valence electrons. The molecule has 25 heavy (non-hydrogen) atoms. The summed E-state index contributed by atoms with van der Waals surface area (Å²) in [6.07, 6.45) is 3.83. The van der Waals surface area contributed by atoms with Gasteiger partial charge in [0.05, 0.1) is 26.0 Å². The maximum Gasteiger partial charge on any atom is 0.374 e. The van der Waals surface area contributed by atoms with E-state index in [0.29, 0.717) is 13.2 Å². The molecular formula is C18H25N3O4. The topological polar surface area (TPSA) is 69.7 Å². The molecule has 0 saturated carbocycles. The monoisotopic (exact) mass is 347 g/mol. The SMILES string of the molecule is COC(=O)c1oc([C@@H](C)N2CCO[C@@](C)(c3cnn(C)c3)C2)cc1C. The van der Waals surface area contributed by atoms with Crippen LogP contribution in [-0.2, 0) is 22.1 Å². The van der Waals surface area contributed by atoms with Crippen LogP contribution in [0.5, 0.6) is 0 Å². The minimum atomic E-state index is -0.446. The van der Waals surface area contributed by atoms with Crippen LogP contribution in [0.2, 0.25) is 0 Å². The van der Waals surface area contributed by atoms with Gasteiger partial charge in [-0.2, -0.15) is 5.10 Å². The lowest BCUT2D eigenvalue weighted by Gasteiger charge is -2.42. The first kappa shape index (κ1) is 17.7. The van der Waals surface area contributed by atoms with E-state index in [1.807, 2.05) is 32.4 Å². The number of esters is 1. The average Bonchev–Trinajstić information content (AvgIpc) is 3.20. The van der Waals surface area contributed by atoms with E-state index in [9.17, 15) is 4.79 Å². The van der Waals surface area contributed by atoms with E-state index in [4.69, 9.17) is 13.9 Å². The van der Waals surface area contributed by atoms with Gasteiger partial charge < -0.3 is 13.9 Å². The normalized spacial score (nSPS) is 22.8. The summed E-state index contributed by atoms with van der Waals surface area (Å²) in [6, 6.07) is 1.94. The van der Waals surface area contributed by atoms with Gasteiger partial charge in [-0.15, -0.1) is 0 Å². The third-order valence-electron chi connectivity index (χ3n) is 4.89. The van der Waals surface area contributed by atoms with Crippen molar-refractivity contribution in [2.45, 2.75) is 32.4 Å². The first-order valence-corrected chi connectivity index (χ1v) is 8.40. The van der Waals surface area contributed by atoms with E-state index in [2.05, 4.69) is 23.8 Å². The molecule has 7 nitrogen and oxygen atoms in total. The Kier molecular flexibility index (Phi) is 4.71. The highest BCUT2D eigenvalue weighted by atomic mass is 16.5. The molecule has 1 saturated heterocycles. The molecule has 0 aliphatic carbocycles. The van der Waals surface area contributed by atoms with Crippen LogP contribution in [0.25, 0.3) is 0 Å². The van der Waals surface area contributed by atoms with Crippen molar-refractivity contribution in [1.29, 1.82) is 0 Å². The molecule has 2 aromatic heterocycles. The average molecular weight is 347 g/mol. The lowest BCUT2D eigenvalue weighted by Crippen LogP contribution is -2.48. The standard InChI is InChI=1S/C18H25N3O4/c1-12-8-15(25-16(12)17(22)23-5)13(2)21-6-7-24-18(3,11-21)14-9-19-20(4)10-14/h8-10,13H,6-7,11H2,1-5H3/t13-,18-/m1/s1. The largest absolute Gasteiger partial charge is 0.463 e. The molecule has 0 amide bonds. The molecule has 7 heteroatoms. The first-order valence-electron chi connectivity index (χ1n) is 8.40. The second kappa shape index (κ2) is 6.65. The van der Waals surface area contributed by atoms with Crippen LogP contribution < -0.4 is 0 Å². The summed E-state index contributed by atoms with van der Waals surface area (Å²) in [5.74, 6) is 0.582. The van der Waals surface area contributed by atoms with Gasteiger partial charge in [-0.25, -0.2) is 4.79 Å². The van der Waals surface area contributed by atoms with Crippen LogP contribution in [0.1, 0.15) is 47.3 Å². The van der Waals surface area contributed by atoms with Gasteiger partial charge in [-0.05, 0) is 26.8 Å². The molecule has 2 atom stereocenters. The summed E-state index contributed by atoms with van der Waals surface area (Å²) in [7, 11) is 3.25. The summed E-state index contributed by atoms with van der Waals surface area (Å²) in [5, 5.41) is 4.26. The Morgan fingerprint density at radius 2 is 2.24 bits per heavy atom. The zero-order chi connectivity index (χ0) is 18.2. The minimum Gasteiger partial charge on any atom is -0.463 e. The predicted octanol–water partition coefficient (Wildman–Crippen LogP) is 2.42. The van der Waals surface area contributed by atoms with E-state index >= 15 is 0 Å². The lowest BCUT2D eigenvalue weighted by atomic mass is 9.96. The van der Waals surface area contributed by atoms with Crippen LogP contribution in [0.4, 0.5) is 0 Å². The highest BCUT2D eigenvalue weighted by Crippen LogP contribution is 2.34. The van der Waals surface area contributed by atoms with Crippen molar-refractivity contribution in [3.05, 3.63) is 41.1 Å². The van der Waals surface area contributed by atoms with Gasteiger partial charge in [-0.1, -0.05) is 0 Å². The molecule has 0 bridgehead atoms. The summed E-state index contributed by atoms with van der Waals surface area (Å²) in [4.78, 5) is 14.1.